The summed E-state index contributed by atoms with van der Waals surface area (Å²) in [4.78, 5) is 25.3. The molecule has 132 valence electrons. The Morgan fingerprint density at radius 1 is 1.08 bits per heavy atom. The third kappa shape index (κ3) is 4.18. The lowest BCUT2D eigenvalue weighted by Crippen LogP contribution is -2.21. The van der Waals surface area contributed by atoms with Crippen LogP contribution in [-0.4, -0.2) is 24.7 Å². The number of esters is 1. The largest absolute Gasteiger partial charge is 0.452 e. The van der Waals surface area contributed by atoms with Gasteiger partial charge in [-0.1, -0.05) is 48.0 Å². The monoisotopic (exact) mass is 385 g/mol. The van der Waals surface area contributed by atoms with Crippen LogP contribution in [0.5, 0.6) is 0 Å². The molecule has 0 saturated heterocycles. The van der Waals surface area contributed by atoms with Gasteiger partial charge in [-0.25, -0.2) is 4.79 Å². The van der Waals surface area contributed by atoms with Crippen molar-refractivity contribution in [1.82, 2.24) is 0 Å². The van der Waals surface area contributed by atoms with E-state index in [9.17, 15) is 9.59 Å². The first-order valence-electron chi connectivity index (χ1n) is 7.87. The molecule has 0 fully saturated rings. The predicted octanol–water partition coefficient (Wildman–Crippen LogP) is 5.01. The van der Waals surface area contributed by atoms with Crippen LogP contribution in [0.1, 0.15) is 10.4 Å². The standard InChI is InChI=1S/C20H16ClNO3S/c1-26-14-9-10-17(21)16(11-14)20(24)25-12-19(23)22-18-8-4-6-13-5-2-3-7-15(13)18/h2-11H,12H2,1H3,(H,22,23). The lowest BCUT2D eigenvalue weighted by molar-refractivity contribution is -0.119. The van der Waals surface area contributed by atoms with Gasteiger partial charge in [-0.2, -0.15) is 0 Å². The summed E-state index contributed by atoms with van der Waals surface area (Å²) in [6.45, 7) is -0.387. The van der Waals surface area contributed by atoms with E-state index in [1.165, 1.54) is 11.8 Å². The Balaban J connectivity index is 1.66. The minimum Gasteiger partial charge on any atom is -0.452 e. The first kappa shape index (κ1) is 18.3. The van der Waals surface area contributed by atoms with E-state index in [0.29, 0.717) is 10.7 Å². The molecule has 0 atom stereocenters. The normalized spacial score (nSPS) is 10.5. The number of hydrogen-bond acceptors (Lipinski definition) is 4. The van der Waals surface area contributed by atoms with Gasteiger partial charge in [0.15, 0.2) is 6.61 Å². The van der Waals surface area contributed by atoms with Crippen molar-refractivity contribution >= 4 is 51.7 Å². The lowest BCUT2D eigenvalue weighted by atomic mass is 10.1. The summed E-state index contributed by atoms with van der Waals surface area (Å²) in [5.41, 5.74) is 0.919. The molecular formula is C20H16ClNO3S. The van der Waals surface area contributed by atoms with E-state index < -0.39 is 11.9 Å². The highest BCUT2D eigenvalue weighted by Gasteiger charge is 2.15. The molecule has 0 heterocycles. The Hall–Kier alpha value is -2.50. The number of rotatable bonds is 5. The average Bonchev–Trinajstić information content (AvgIpc) is 2.67. The summed E-state index contributed by atoms with van der Waals surface area (Å²) in [7, 11) is 0. The van der Waals surface area contributed by atoms with Crippen LogP contribution in [0.25, 0.3) is 10.8 Å². The summed E-state index contributed by atoms with van der Waals surface area (Å²) in [6, 6.07) is 18.5. The van der Waals surface area contributed by atoms with E-state index in [0.717, 1.165) is 15.7 Å². The first-order valence-corrected chi connectivity index (χ1v) is 9.47. The molecule has 0 radical (unpaired) electrons. The Morgan fingerprint density at radius 3 is 2.65 bits per heavy atom. The molecule has 3 aromatic carbocycles. The second kappa shape index (κ2) is 8.25. The van der Waals surface area contributed by atoms with Gasteiger partial charge in [-0.15, -0.1) is 11.8 Å². The van der Waals surface area contributed by atoms with Crippen LogP contribution in [0, 0.1) is 0 Å². The van der Waals surface area contributed by atoms with Gasteiger partial charge in [0, 0.05) is 16.0 Å². The Bertz CT molecular complexity index is 969. The van der Waals surface area contributed by atoms with E-state index in [2.05, 4.69) is 5.32 Å². The van der Waals surface area contributed by atoms with Crippen molar-refractivity contribution < 1.29 is 14.3 Å². The molecule has 0 aliphatic carbocycles. The Morgan fingerprint density at radius 2 is 1.85 bits per heavy atom. The topological polar surface area (TPSA) is 55.4 Å². The molecule has 0 aliphatic heterocycles. The van der Waals surface area contributed by atoms with E-state index in [4.69, 9.17) is 16.3 Å². The molecule has 1 amide bonds. The average molecular weight is 386 g/mol. The molecule has 6 heteroatoms. The summed E-state index contributed by atoms with van der Waals surface area (Å²) < 4.78 is 5.11. The van der Waals surface area contributed by atoms with Gasteiger partial charge < -0.3 is 10.1 Å². The first-order chi connectivity index (χ1) is 12.6. The van der Waals surface area contributed by atoms with Gasteiger partial charge in [-0.3, -0.25) is 4.79 Å². The number of benzene rings is 3. The SMILES string of the molecule is CSc1ccc(Cl)c(C(=O)OCC(=O)Nc2cccc3ccccc23)c1. The number of hydrogen-bond donors (Lipinski definition) is 1. The maximum atomic E-state index is 12.2. The minimum absolute atomic E-state index is 0.247. The molecule has 0 saturated carbocycles. The van der Waals surface area contributed by atoms with Crippen LogP contribution >= 0.6 is 23.4 Å². The van der Waals surface area contributed by atoms with E-state index >= 15 is 0 Å². The van der Waals surface area contributed by atoms with Crippen molar-refractivity contribution in [3.8, 4) is 0 Å². The number of halogens is 1. The maximum Gasteiger partial charge on any atom is 0.340 e. The lowest BCUT2D eigenvalue weighted by Gasteiger charge is -2.10. The Kier molecular flexibility index (Phi) is 5.81. The van der Waals surface area contributed by atoms with Crippen LogP contribution in [0.3, 0.4) is 0 Å². The number of nitrogens with one attached hydrogen (secondary N) is 1. The number of carbonyl (C=O) groups excluding carboxylic acids is 2. The fourth-order valence-corrected chi connectivity index (χ4v) is 3.15. The number of amides is 1. The molecule has 0 unspecified atom stereocenters. The number of fused-ring (bicyclic) bond motifs is 1. The summed E-state index contributed by atoms with van der Waals surface area (Å²) in [6.07, 6.45) is 1.90. The minimum atomic E-state index is -0.626. The second-order valence-electron chi connectivity index (χ2n) is 5.50. The fraction of sp³-hybridized carbons (Fsp3) is 0.100. The molecular weight excluding hydrogens is 370 g/mol. The third-order valence-electron chi connectivity index (χ3n) is 3.79. The molecule has 0 spiro atoms. The second-order valence-corrected chi connectivity index (χ2v) is 6.78. The van der Waals surface area contributed by atoms with Gasteiger partial charge in [0.05, 0.1) is 10.6 Å². The summed E-state index contributed by atoms with van der Waals surface area (Å²) >= 11 is 7.54. The van der Waals surface area contributed by atoms with Gasteiger partial charge >= 0.3 is 5.97 Å². The molecule has 1 N–H and O–H groups in total. The van der Waals surface area contributed by atoms with Crippen molar-refractivity contribution in [3.63, 3.8) is 0 Å². The molecule has 3 aromatic rings. The quantitative estimate of drug-likeness (QED) is 0.495. The number of carbonyl (C=O) groups is 2. The number of anilines is 1. The smallest absolute Gasteiger partial charge is 0.340 e. The van der Waals surface area contributed by atoms with Gasteiger partial charge in [0.1, 0.15) is 0 Å². The van der Waals surface area contributed by atoms with Crippen LogP contribution in [0.4, 0.5) is 5.69 Å². The van der Waals surface area contributed by atoms with Gasteiger partial charge in [-0.05, 0) is 35.9 Å². The molecule has 0 aliphatic rings. The van der Waals surface area contributed by atoms with Crippen molar-refractivity contribution in [2.24, 2.45) is 0 Å². The highest BCUT2D eigenvalue weighted by molar-refractivity contribution is 7.98. The Labute approximate surface area is 160 Å². The predicted molar refractivity (Wildman–Crippen MR) is 106 cm³/mol. The van der Waals surface area contributed by atoms with Crippen molar-refractivity contribution in [2.75, 3.05) is 18.2 Å². The zero-order valence-electron chi connectivity index (χ0n) is 14.0. The third-order valence-corrected chi connectivity index (χ3v) is 4.85. The highest BCUT2D eigenvalue weighted by atomic mass is 35.5. The van der Waals surface area contributed by atoms with Crippen LogP contribution < -0.4 is 5.32 Å². The number of ether oxygens (including phenoxy) is 1. The van der Waals surface area contributed by atoms with Crippen LogP contribution in [0.2, 0.25) is 5.02 Å². The van der Waals surface area contributed by atoms with Crippen LogP contribution in [-0.2, 0) is 9.53 Å². The molecule has 4 nitrogen and oxygen atoms in total. The molecule has 3 rings (SSSR count). The van der Waals surface area contributed by atoms with Crippen LogP contribution in [0.15, 0.2) is 65.6 Å². The summed E-state index contributed by atoms with van der Waals surface area (Å²) in [5, 5.41) is 5.01. The van der Waals surface area contributed by atoms with E-state index in [1.54, 1.807) is 18.2 Å². The van der Waals surface area contributed by atoms with Crippen molar-refractivity contribution in [3.05, 3.63) is 71.2 Å². The molecule has 26 heavy (non-hydrogen) atoms. The molecule has 0 aromatic heterocycles. The van der Waals surface area contributed by atoms with Crippen molar-refractivity contribution in [1.29, 1.82) is 0 Å². The molecule has 0 bridgehead atoms. The highest BCUT2D eigenvalue weighted by Crippen LogP contribution is 2.24. The summed E-state index contributed by atoms with van der Waals surface area (Å²) in [5.74, 6) is -1.04. The zero-order valence-corrected chi connectivity index (χ0v) is 15.6. The van der Waals surface area contributed by atoms with Crippen molar-refractivity contribution in [2.45, 2.75) is 4.90 Å². The number of thioether (sulfide) groups is 1. The zero-order chi connectivity index (χ0) is 18.5. The van der Waals surface area contributed by atoms with E-state index in [-0.39, 0.29) is 12.2 Å². The maximum absolute atomic E-state index is 12.2. The van der Waals surface area contributed by atoms with Gasteiger partial charge in [0.25, 0.3) is 5.91 Å². The van der Waals surface area contributed by atoms with Gasteiger partial charge in [0.2, 0.25) is 0 Å². The fourth-order valence-electron chi connectivity index (χ4n) is 2.52. The van der Waals surface area contributed by atoms with E-state index in [1.807, 2.05) is 48.7 Å².